The van der Waals surface area contributed by atoms with E-state index in [1.807, 2.05) is 26.0 Å². The van der Waals surface area contributed by atoms with Crippen LogP contribution in [0, 0.1) is 13.8 Å². The second-order valence-electron chi connectivity index (χ2n) is 7.24. The summed E-state index contributed by atoms with van der Waals surface area (Å²) < 4.78 is 6.70. The maximum Gasteiger partial charge on any atom is 0.258 e. The summed E-state index contributed by atoms with van der Waals surface area (Å²) in [4.78, 5) is 14.6. The number of hydrogen-bond donors (Lipinski definition) is 1. The zero-order valence-electron chi connectivity index (χ0n) is 16.1. The number of carbonyl (C=O) groups excluding carboxylic acids is 1. The van der Waals surface area contributed by atoms with Crippen LogP contribution >= 0.6 is 15.9 Å². The molecule has 1 heterocycles. The fourth-order valence-electron chi connectivity index (χ4n) is 3.35. The van der Waals surface area contributed by atoms with Gasteiger partial charge in [0.2, 0.25) is 0 Å². The summed E-state index contributed by atoms with van der Waals surface area (Å²) in [6, 6.07) is 12.4. The van der Waals surface area contributed by atoms with Crippen molar-refractivity contribution in [3.63, 3.8) is 0 Å². The van der Waals surface area contributed by atoms with E-state index in [9.17, 15) is 4.79 Å². The van der Waals surface area contributed by atoms with Crippen LogP contribution in [0.5, 0.6) is 5.75 Å². The minimum absolute atomic E-state index is 0.0214. The van der Waals surface area contributed by atoms with Gasteiger partial charge in [0.1, 0.15) is 5.75 Å². The Morgan fingerprint density at radius 1 is 1.07 bits per heavy atom. The van der Waals surface area contributed by atoms with Gasteiger partial charge in [-0.15, -0.1) is 0 Å². The van der Waals surface area contributed by atoms with Crippen molar-refractivity contribution >= 4 is 21.8 Å². The van der Waals surface area contributed by atoms with E-state index in [1.165, 1.54) is 31.5 Å². The lowest BCUT2D eigenvalue weighted by molar-refractivity contribution is -0.123. The Morgan fingerprint density at radius 3 is 2.30 bits per heavy atom. The highest BCUT2D eigenvalue weighted by atomic mass is 79.9. The Labute approximate surface area is 170 Å². The number of rotatable bonds is 7. The molecule has 1 fully saturated rings. The first-order valence-corrected chi connectivity index (χ1v) is 10.3. The van der Waals surface area contributed by atoms with Crippen LogP contribution in [0.1, 0.15) is 35.1 Å². The summed E-state index contributed by atoms with van der Waals surface area (Å²) in [5.74, 6) is 0.601. The van der Waals surface area contributed by atoms with Crippen molar-refractivity contribution in [1.82, 2.24) is 10.2 Å². The Kier molecular flexibility index (Phi) is 6.91. The molecule has 4 nitrogen and oxygen atoms in total. The van der Waals surface area contributed by atoms with Gasteiger partial charge in [-0.3, -0.25) is 9.69 Å². The highest BCUT2D eigenvalue weighted by Crippen LogP contribution is 2.26. The Hall–Kier alpha value is -1.85. The summed E-state index contributed by atoms with van der Waals surface area (Å²) in [6.07, 6.45) is 2.62. The maximum absolute atomic E-state index is 12.1. The molecular formula is C22H27BrN2O2. The molecule has 0 spiro atoms. The number of aryl methyl sites for hydroxylation is 2. The topological polar surface area (TPSA) is 41.6 Å². The smallest absolute Gasteiger partial charge is 0.258 e. The van der Waals surface area contributed by atoms with E-state index in [4.69, 9.17) is 4.74 Å². The fraction of sp³-hybridized carbons (Fsp3) is 0.409. The lowest BCUT2D eigenvalue weighted by atomic mass is 10.1. The Bertz CT molecular complexity index is 760. The predicted octanol–water partition coefficient (Wildman–Crippen LogP) is 4.36. The largest absolute Gasteiger partial charge is 0.484 e. The lowest BCUT2D eigenvalue weighted by Gasteiger charge is -2.14. The third-order valence-electron chi connectivity index (χ3n) is 4.90. The van der Waals surface area contributed by atoms with Gasteiger partial charge in [0, 0.05) is 17.6 Å². The van der Waals surface area contributed by atoms with E-state index in [0.29, 0.717) is 6.54 Å². The van der Waals surface area contributed by atoms with Crippen molar-refractivity contribution in [2.75, 3.05) is 19.7 Å². The summed E-state index contributed by atoms with van der Waals surface area (Å²) in [5, 5.41) is 2.92. The van der Waals surface area contributed by atoms with Crippen LogP contribution < -0.4 is 10.1 Å². The van der Waals surface area contributed by atoms with Crippen molar-refractivity contribution in [2.24, 2.45) is 0 Å². The summed E-state index contributed by atoms with van der Waals surface area (Å²) in [6.45, 7) is 7.99. The molecule has 0 unspecified atom stereocenters. The van der Waals surface area contributed by atoms with Gasteiger partial charge in [-0.2, -0.15) is 0 Å². The number of benzene rings is 2. The van der Waals surface area contributed by atoms with Crippen molar-refractivity contribution in [1.29, 1.82) is 0 Å². The highest BCUT2D eigenvalue weighted by Gasteiger charge is 2.11. The predicted molar refractivity (Wildman–Crippen MR) is 112 cm³/mol. The van der Waals surface area contributed by atoms with E-state index in [1.54, 1.807) is 0 Å². The average Bonchev–Trinajstić information content (AvgIpc) is 3.16. The molecule has 3 rings (SSSR count). The van der Waals surface area contributed by atoms with Crippen LogP contribution in [0.2, 0.25) is 0 Å². The molecule has 144 valence electrons. The van der Waals surface area contributed by atoms with Crippen molar-refractivity contribution in [3.8, 4) is 5.75 Å². The molecular weight excluding hydrogens is 404 g/mol. The van der Waals surface area contributed by atoms with Crippen LogP contribution in [0.4, 0.5) is 0 Å². The number of nitrogens with zero attached hydrogens (tertiary/aromatic N) is 1. The molecule has 1 amide bonds. The van der Waals surface area contributed by atoms with Gasteiger partial charge in [-0.25, -0.2) is 0 Å². The Balaban J connectivity index is 1.43. The highest BCUT2D eigenvalue weighted by molar-refractivity contribution is 9.10. The van der Waals surface area contributed by atoms with Crippen LogP contribution in [-0.2, 0) is 17.9 Å². The van der Waals surface area contributed by atoms with Gasteiger partial charge in [0.05, 0.1) is 0 Å². The van der Waals surface area contributed by atoms with Gasteiger partial charge in [-0.05, 0) is 74.2 Å². The second kappa shape index (κ2) is 9.38. The standard InChI is InChI=1S/C22H27BrN2O2/c1-16-11-20(12-17(2)22(16)23)27-15-21(26)24-13-18-5-7-19(8-6-18)14-25-9-3-4-10-25/h5-8,11-12H,3-4,9-10,13-15H2,1-2H3,(H,24,26). The zero-order valence-corrected chi connectivity index (χ0v) is 17.6. The van der Waals surface area contributed by atoms with Crippen molar-refractivity contribution in [2.45, 2.75) is 39.8 Å². The number of halogens is 1. The molecule has 27 heavy (non-hydrogen) atoms. The SMILES string of the molecule is Cc1cc(OCC(=O)NCc2ccc(CN3CCCC3)cc2)cc(C)c1Br. The first-order chi connectivity index (χ1) is 13.0. The quantitative estimate of drug-likeness (QED) is 0.709. The normalized spacial score (nSPS) is 14.3. The Morgan fingerprint density at radius 2 is 1.67 bits per heavy atom. The molecule has 2 aromatic carbocycles. The second-order valence-corrected chi connectivity index (χ2v) is 8.03. The number of nitrogens with one attached hydrogen (secondary N) is 1. The molecule has 0 bridgehead atoms. The molecule has 0 radical (unpaired) electrons. The van der Waals surface area contributed by atoms with E-state index in [2.05, 4.69) is 50.4 Å². The number of amides is 1. The van der Waals surface area contributed by atoms with E-state index >= 15 is 0 Å². The minimum Gasteiger partial charge on any atom is -0.484 e. The lowest BCUT2D eigenvalue weighted by Crippen LogP contribution is -2.28. The van der Waals surface area contributed by atoms with Gasteiger partial charge in [0.15, 0.2) is 6.61 Å². The number of hydrogen-bond acceptors (Lipinski definition) is 3. The summed E-state index contributed by atoms with van der Waals surface area (Å²) >= 11 is 3.54. The van der Waals surface area contributed by atoms with Gasteiger partial charge in [0.25, 0.3) is 5.91 Å². The maximum atomic E-state index is 12.1. The molecule has 1 aliphatic rings. The molecule has 1 aliphatic heterocycles. The molecule has 0 aliphatic carbocycles. The number of likely N-dealkylation sites (tertiary alicyclic amines) is 1. The fourth-order valence-corrected chi connectivity index (χ4v) is 3.58. The first kappa shape index (κ1) is 19.9. The van der Waals surface area contributed by atoms with Crippen LogP contribution in [0.25, 0.3) is 0 Å². The molecule has 2 aromatic rings. The van der Waals surface area contributed by atoms with Crippen molar-refractivity contribution in [3.05, 3.63) is 63.1 Å². The molecule has 1 saturated heterocycles. The molecule has 1 N–H and O–H groups in total. The molecule has 0 saturated carbocycles. The van der Waals surface area contributed by atoms with E-state index in [-0.39, 0.29) is 12.5 Å². The van der Waals surface area contributed by atoms with E-state index in [0.717, 1.165) is 33.5 Å². The van der Waals surface area contributed by atoms with Crippen molar-refractivity contribution < 1.29 is 9.53 Å². The van der Waals surface area contributed by atoms with Gasteiger partial charge in [-0.1, -0.05) is 40.2 Å². The number of carbonyl (C=O) groups is 1. The van der Waals surface area contributed by atoms with Crippen LogP contribution in [0.3, 0.4) is 0 Å². The minimum atomic E-state index is -0.116. The summed E-state index contributed by atoms with van der Waals surface area (Å²) in [7, 11) is 0. The summed E-state index contributed by atoms with van der Waals surface area (Å²) in [5.41, 5.74) is 4.62. The van der Waals surface area contributed by atoms with Gasteiger partial charge >= 0.3 is 0 Å². The van der Waals surface area contributed by atoms with Crippen LogP contribution in [0.15, 0.2) is 40.9 Å². The van der Waals surface area contributed by atoms with Gasteiger partial charge < -0.3 is 10.1 Å². The third-order valence-corrected chi connectivity index (χ3v) is 6.15. The molecule has 0 aromatic heterocycles. The average molecular weight is 431 g/mol. The first-order valence-electron chi connectivity index (χ1n) is 9.47. The molecule has 0 atom stereocenters. The van der Waals surface area contributed by atoms with Crippen LogP contribution in [-0.4, -0.2) is 30.5 Å². The zero-order chi connectivity index (χ0) is 19.2. The number of ether oxygens (including phenoxy) is 1. The van der Waals surface area contributed by atoms with E-state index < -0.39 is 0 Å². The molecule has 5 heteroatoms. The third kappa shape index (κ3) is 5.81. The monoisotopic (exact) mass is 430 g/mol.